The second-order valence-corrected chi connectivity index (χ2v) is 7.08. The number of ether oxygens (including phenoxy) is 1. The van der Waals surface area contributed by atoms with Gasteiger partial charge in [0.05, 0.1) is 11.8 Å². The Morgan fingerprint density at radius 2 is 1.54 bits per heavy atom. The minimum Gasteiger partial charge on any atom is -0.494 e. The molecule has 0 saturated heterocycles. The zero-order chi connectivity index (χ0) is 19.5. The number of amides is 1. The second kappa shape index (κ2) is 7.62. The fourth-order valence-electron chi connectivity index (χ4n) is 2.84. The van der Waals surface area contributed by atoms with Crippen LogP contribution < -0.4 is 10.1 Å². The predicted octanol–water partition coefficient (Wildman–Crippen LogP) is 4.79. The van der Waals surface area contributed by atoms with E-state index in [1.54, 1.807) is 43.5 Å². The Morgan fingerprint density at radius 3 is 2.25 bits per heavy atom. The first-order valence-electron chi connectivity index (χ1n) is 8.60. The van der Waals surface area contributed by atoms with Gasteiger partial charge in [-0.15, -0.1) is 0 Å². The van der Waals surface area contributed by atoms with Crippen molar-refractivity contribution < 1.29 is 14.3 Å². The maximum atomic E-state index is 12.5. The van der Waals surface area contributed by atoms with E-state index in [1.807, 2.05) is 36.4 Å². The van der Waals surface area contributed by atoms with Gasteiger partial charge < -0.3 is 4.74 Å². The van der Waals surface area contributed by atoms with Gasteiger partial charge in [0.1, 0.15) is 11.3 Å². The van der Waals surface area contributed by atoms with Gasteiger partial charge >= 0.3 is 0 Å². The number of methoxy groups -OCH3 is 1. The van der Waals surface area contributed by atoms with Crippen molar-refractivity contribution in [1.82, 2.24) is 4.98 Å². The molecule has 1 N–H and O–H groups in total. The van der Waals surface area contributed by atoms with Crippen LogP contribution in [0, 0.1) is 0 Å². The predicted molar refractivity (Wildman–Crippen MR) is 110 cm³/mol. The van der Waals surface area contributed by atoms with Crippen molar-refractivity contribution in [2.75, 3.05) is 12.4 Å². The molecule has 0 radical (unpaired) electrons. The molecule has 0 unspecified atom stereocenters. The van der Waals surface area contributed by atoms with Gasteiger partial charge in [0.25, 0.3) is 5.91 Å². The molecule has 0 atom stereocenters. The van der Waals surface area contributed by atoms with Gasteiger partial charge in [-0.1, -0.05) is 59.9 Å². The first-order valence-corrected chi connectivity index (χ1v) is 9.42. The maximum absolute atomic E-state index is 12.5. The third kappa shape index (κ3) is 3.50. The van der Waals surface area contributed by atoms with Crippen LogP contribution in [-0.4, -0.2) is 23.8 Å². The van der Waals surface area contributed by atoms with Gasteiger partial charge in [-0.2, -0.15) is 0 Å². The Bertz CT molecular complexity index is 1150. The molecule has 0 spiro atoms. The topological polar surface area (TPSA) is 68.3 Å². The molecule has 0 aliphatic heterocycles. The smallest absolute Gasteiger partial charge is 0.257 e. The molecule has 1 aromatic heterocycles. The Morgan fingerprint density at radius 1 is 0.857 bits per heavy atom. The standard InChI is InChI=1S/C22H16N2O3S/c1-27-17-8-5-9-18-19(17)23-22(28-18)24-21(26)16-12-10-15(11-13-16)20(25)14-6-3-2-4-7-14/h2-13H,1H3,(H,23,24,26). The second-order valence-electron chi connectivity index (χ2n) is 6.05. The summed E-state index contributed by atoms with van der Waals surface area (Å²) in [4.78, 5) is 29.4. The van der Waals surface area contributed by atoms with Crippen LogP contribution in [0.4, 0.5) is 5.13 Å². The Labute approximate surface area is 165 Å². The molecule has 0 saturated carbocycles. The number of nitrogens with one attached hydrogen (secondary N) is 1. The quantitative estimate of drug-likeness (QED) is 0.499. The third-order valence-electron chi connectivity index (χ3n) is 4.27. The summed E-state index contributed by atoms with van der Waals surface area (Å²) >= 11 is 1.38. The van der Waals surface area contributed by atoms with Crippen molar-refractivity contribution in [3.63, 3.8) is 0 Å². The Hall–Kier alpha value is -3.51. The van der Waals surface area contributed by atoms with Gasteiger partial charge in [0.15, 0.2) is 10.9 Å². The van der Waals surface area contributed by atoms with Crippen LogP contribution in [0.5, 0.6) is 5.75 Å². The molecule has 138 valence electrons. The molecule has 1 heterocycles. The summed E-state index contributed by atoms with van der Waals surface area (Å²) in [6, 6.07) is 21.3. The van der Waals surface area contributed by atoms with Crippen molar-refractivity contribution in [1.29, 1.82) is 0 Å². The molecule has 1 amide bonds. The molecule has 3 aromatic carbocycles. The lowest BCUT2D eigenvalue weighted by molar-refractivity contribution is 0.102. The summed E-state index contributed by atoms with van der Waals surface area (Å²) in [5, 5.41) is 3.30. The van der Waals surface area contributed by atoms with E-state index in [2.05, 4.69) is 10.3 Å². The van der Waals surface area contributed by atoms with Gasteiger partial charge in [-0.3, -0.25) is 14.9 Å². The van der Waals surface area contributed by atoms with Gasteiger partial charge in [-0.25, -0.2) is 4.98 Å². The number of hydrogen-bond acceptors (Lipinski definition) is 5. The lowest BCUT2D eigenvalue weighted by Crippen LogP contribution is -2.12. The number of anilines is 1. The fourth-order valence-corrected chi connectivity index (χ4v) is 3.72. The van der Waals surface area contributed by atoms with Crippen molar-refractivity contribution in [3.8, 4) is 5.75 Å². The van der Waals surface area contributed by atoms with E-state index in [-0.39, 0.29) is 11.7 Å². The van der Waals surface area contributed by atoms with Gasteiger partial charge in [0.2, 0.25) is 0 Å². The number of benzene rings is 3. The highest BCUT2D eigenvalue weighted by molar-refractivity contribution is 7.22. The highest BCUT2D eigenvalue weighted by Gasteiger charge is 2.14. The summed E-state index contributed by atoms with van der Waals surface area (Å²) in [5.41, 5.74) is 2.32. The number of nitrogens with zero attached hydrogens (tertiary/aromatic N) is 1. The number of ketones is 1. The molecule has 0 aliphatic rings. The van der Waals surface area contributed by atoms with Crippen LogP contribution in [0.2, 0.25) is 0 Å². The summed E-state index contributed by atoms with van der Waals surface area (Å²) in [6.07, 6.45) is 0. The number of rotatable bonds is 5. The van der Waals surface area contributed by atoms with Crippen molar-refractivity contribution in [3.05, 3.63) is 89.5 Å². The number of carbonyl (C=O) groups is 2. The molecule has 28 heavy (non-hydrogen) atoms. The van der Waals surface area contributed by atoms with Crippen LogP contribution >= 0.6 is 11.3 Å². The lowest BCUT2D eigenvalue weighted by Gasteiger charge is -2.04. The van der Waals surface area contributed by atoms with Crippen LogP contribution in [0.15, 0.2) is 72.8 Å². The first-order chi connectivity index (χ1) is 13.7. The van der Waals surface area contributed by atoms with Crippen molar-refractivity contribution in [2.24, 2.45) is 0 Å². The molecule has 4 rings (SSSR count). The highest BCUT2D eigenvalue weighted by atomic mass is 32.1. The minimum atomic E-state index is -0.281. The number of hydrogen-bond donors (Lipinski definition) is 1. The molecule has 0 fully saturated rings. The van der Waals surface area contributed by atoms with E-state index in [1.165, 1.54) is 11.3 Å². The van der Waals surface area contributed by atoms with Crippen LogP contribution in [-0.2, 0) is 0 Å². The van der Waals surface area contributed by atoms with E-state index in [9.17, 15) is 9.59 Å². The molecule has 5 nitrogen and oxygen atoms in total. The molecular formula is C22H16N2O3S. The van der Waals surface area contributed by atoms with E-state index in [0.29, 0.717) is 33.1 Å². The number of fused-ring (bicyclic) bond motifs is 1. The van der Waals surface area contributed by atoms with Crippen LogP contribution in [0.25, 0.3) is 10.2 Å². The zero-order valence-electron chi connectivity index (χ0n) is 15.0. The molecule has 4 aromatic rings. The number of para-hydroxylation sites is 1. The minimum absolute atomic E-state index is 0.0779. The number of thiazole rings is 1. The normalized spacial score (nSPS) is 10.6. The molecule has 0 aliphatic carbocycles. The molecule has 6 heteroatoms. The maximum Gasteiger partial charge on any atom is 0.257 e. The third-order valence-corrected chi connectivity index (χ3v) is 5.20. The highest BCUT2D eigenvalue weighted by Crippen LogP contribution is 2.32. The monoisotopic (exact) mass is 388 g/mol. The van der Waals surface area contributed by atoms with Crippen LogP contribution in [0.3, 0.4) is 0 Å². The number of carbonyl (C=O) groups excluding carboxylic acids is 2. The molecule has 0 bridgehead atoms. The average Bonchev–Trinajstić information content (AvgIpc) is 3.16. The summed E-state index contributed by atoms with van der Waals surface area (Å²) in [6.45, 7) is 0. The fraction of sp³-hybridized carbons (Fsp3) is 0.0455. The van der Waals surface area contributed by atoms with E-state index < -0.39 is 0 Å². The van der Waals surface area contributed by atoms with E-state index >= 15 is 0 Å². The summed E-state index contributed by atoms with van der Waals surface area (Å²) < 4.78 is 6.23. The number of aromatic nitrogens is 1. The average molecular weight is 388 g/mol. The SMILES string of the molecule is COc1cccc2sc(NC(=O)c3ccc(C(=O)c4ccccc4)cc3)nc12. The summed E-state index contributed by atoms with van der Waals surface area (Å²) in [5.74, 6) is 0.306. The van der Waals surface area contributed by atoms with Crippen molar-refractivity contribution in [2.45, 2.75) is 0 Å². The summed E-state index contributed by atoms with van der Waals surface area (Å²) in [7, 11) is 1.59. The van der Waals surface area contributed by atoms with Gasteiger partial charge in [-0.05, 0) is 24.3 Å². The lowest BCUT2D eigenvalue weighted by atomic mass is 10.0. The van der Waals surface area contributed by atoms with Crippen LogP contribution in [0.1, 0.15) is 26.3 Å². The largest absolute Gasteiger partial charge is 0.494 e. The Balaban J connectivity index is 1.52. The van der Waals surface area contributed by atoms with Gasteiger partial charge in [0, 0.05) is 16.7 Å². The Kier molecular flexibility index (Phi) is 4.87. The molecular weight excluding hydrogens is 372 g/mol. The van der Waals surface area contributed by atoms with Crippen molar-refractivity contribution >= 4 is 38.4 Å². The zero-order valence-corrected chi connectivity index (χ0v) is 15.8. The van der Waals surface area contributed by atoms with E-state index in [0.717, 1.165) is 4.70 Å². The first kappa shape index (κ1) is 17.9. The van der Waals surface area contributed by atoms with E-state index in [4.69, 9.17) is 4.74 Å².